The average molecular weight is 275 g/mol. The summed E-state index contributed by atoms with van der Waals surface area (Å²) in [5.74, 6) is -0.0914. The van der Waals surface area contributed by atoms with Gasteiger partial charge in [-0.2, -0.15) is 0 Å². The number of benzene rings is 1. The van der Waals surface area contributed by atoms with E-state index in [-0.39, 0.29) is 12.0 Å². The second-order valence-corrected chi connectivity index (χ2v) is 5.48. The summed E-state index contributed by atoms with van der Waals surface area (Å²) in [4.78, 5) is 14.4. The molecule has 1 aromatic rings. The lowest BCUT2D eigenvalue weighted by Gasteiger charge is -2.35. The number of aryl methyl sites for hydroxylation is 1. The number of hydrogen-bond donors (Lipinski definition) is 0. The third-order valence-electron chi connectivity index (χ3n) is 4.04. The molecule has 1 saturated heterocycles. The Kier molecular flexibility index (Phi) is 5.60. The van der Waals surface area contributed by atoms with E-state index in [1.54, 1.807) is 0 Å². The summed E-state index contributed by atoms with van der Waals surface area (Å²) < 4.78 is 5.16. The molecule has 0 spiro atoms. The van der Waals surface area contributed by atoms with Crippen molar-refractivity contribution in [3.8, 4) is 0 Å². The summed E-state index contributed by atoms with van der Waals surface area (Å²) in [6.45, 7) is 6.61. The third kappa shape index (κ3) is 3.83. The Hall–Kier alpha value is -1.35. The maximum atomic E-state index is 11.9. The molecule has 1 aromatic carbocycles. The zero-order chi connectivity index (χ0) is 14.4. The highest BCUT2D eigenvalue weighted by Crippen LogP contribution is 2.30. The van der Waals surface area contributed by atoms with E-state index in [1.165, 1.54) is 30.4 Å². The number of esters is 1. The fourth-order valence-electron chi connectivity index (χ4n) is 3.00. The van der Waals surface area contributed by atoms with Crippen molar-refractivity contribution < 1.29 is 9.53 Å². The molecule has 1 fully saturated rings. The van der Waals surface area contributed by atoms with Crippen molar-refractivity contribution in [1.82, 2.24) is 4.90 Å². The molecule has 20 heavy (non-hydrogen) atoms. The Morgan fingerprint density at radius 3 is 2.60 bits per heavy atom. The fourth-order valence-corrected chi connectivity index (χ4v) is 3.00. The summed E-state index contributed by atoms with van der Waals surface area (Å²) in [5.41, 5.74) is 2.52. The second kappa shape index (κ2) is 7.44. The maximum absolute atomic E-state index is 11.9. The average Bonchev–Trinajstić information content (AvgIpc) is 2.47. The number of piperidine rings is 1. The van der Waals surface area contributed by atoms with Crippen LogP contribution in [0.4, 0.5) is 0 Å². The molecule has 0 bridgehead atoms. The number of nitrogens with zero attached hydrogens (tertiary/aromatic N) is 1. The van der Waals surface area contributed by atoms with Crippen LogP contribution >= 0.6 is 0 Å². The molecule has 1 unspecified atom stereocenters. The van der Waals surface area contributed by atoms with Crippen molar-refractivity contribution in [2.45, 2.75) is 45.6 Å². The molecule has 1 atom stereocenters. The van der Waals surface area contributed by atoms with Gasteiger partial charge in [0.2, 0.25) is 0 Å². The van der Waals surface area contributed by atoms with E-state index in [0.29, 0.717) is 13.0 Å². The molecule has 1 aliphatic rings. The number of hydrogen-bond acceptors (Lipinski definition) is 3. The van der Waals surface area contributed by atoms with Gasteiger partial charge in [-0.1, -0.05) is 30.7 Å². The van der Waals surface area contributed by atoms with Gasteiger partial charge in [-0.15, -0.1) is 0 Å². The standard InChI is InChI=1S/C17H25NO2/c1-3-20-17(19)13-16(18-11-7-4-8-12-18)15-10-6-5-9-14(15)2/h5-6,9-10,16H,3-4,7-8,11-13H2,1-2H3. The van der Waals surface area contributed by atoms with Crippen LogP contribution in [0.5, 0.6) is 0 Å². The van der Waals surface area contributed by atoms with E-state index in [2.05, 4.69) is 36.1 Å². The molecule has 0 aliphatic carbocycles. The highest BCUT2D eigenvalue weighted by atomic mass is 16.5. The highest BCUT2D eigenvalue weighted by molar-refractivity contribution is 5.70. The number of rotatable bonds is 5. The first-order valence-corrected chi connectivity index (χ1v) is 7.67. The van der Waals surface area contributed by atoms with Gasteiger partial charge in [-0.3, -0.25) is 9.69 Å². The first-order valence-electron chi connectivity index (χ1n) is 7.67. The molecule has 3 nitrogen and oxygen atoms in total. The zero-order valence-corrected chi connectivity index (χ0v) is 12.6. The van der Waals surface area contributed by atoms with E-state index in [0.717, 1.165) is 13.1 Å². The van der Waals surface area contributed by atoms with Crippen LogP contribution in [0.25, 0.3) is 0 Å². The van der Waals surface area contributed by atoms with E-state index in [4.69, 9.17) is 4.74 Å². The van der Waals surface area contributed by atoms with Crippen LogP contribution in [0, 0.1) is 6.92 Å². The van der Waals surface area contributed by atoms with Gasteiger partial charge >= 0.3 is 5.97 Å². The first-order chi connectivity index (χ1) is 9.72. The van der Waals surface area contributed by atoms with Crippen LogP contribution in [0.3, 0.4) is 0 Å². The Bertz CT molecular complexity index is 438. The van der Waals surface area contributed by atoms with E-state index in [1.807, 2.05) is 6.92 Å². The van der Waals surface area contributed by atoms with Gasteiger partial charge in [-0.05, 0) is 50.9 Å². The van der Waals surface area contributed by atoms with Gasteiger partial charge in [-0.25, -0.2) is 0 Å². The first kappa shape index (κ1) is 15.0. The van der Waals surface area contributed by atoms with Crippen molar-refractivity contribution >= 4 is 5.97 Å². The molecule has 0 amide bonds. The molecule has 1 aliphatic heterocycles. The van der Waals surface area contributed by atoms with E-state index < -0.39 is 0 Å². The van der Waals surface area contributed by atoms with Crippen molar-refractivity contribution in [2.24, 2.45) is 0 Å². The minimum absolute atomic E-state index is 0.0914. The van der Waals surface area contributed by atoms with Gasteiger partial charge in [0.15, 0.2) is 0 Å². The fraction of sp³-hybridized carbons (Fsp3) is 0.588. The summed E-state index contributed by atoms with van der Waals surface area (Å²) in [5, 5.41) is 0. The number of carbonyl (C=O) groups excluding carboxylic acids is 1. The summed E-state index contributed by atoms with van der Waals surface area (Å²) in [6, 6.07) is 8.54. The van der Waals surface area contributed by atoms with Crippen LogP contribution in [0.1, 0.15) is 49.8 Å². The Balaban J connectivity index is 2.19. The van der Waals surface area contributed by atoms with Gasteiger partial charge in [0.05, 0.1) is 13.0 Å². The lowest BCUT2D eigenvalue weighted by Crippen LogP contribution is -2.35. The minimum atomic E-state index is -0.0914. The Morgan fingerprint density at radius 2 is 1.95 bits per heavy atom. The third-order valence-corrected chi connectivity index (χ3v) is 4.04. The molecule has 0 aromatic heterocycles. The van der Waals surface area contributed by atoms with Crippen LogP contribution in [0.2, 0.25) is 0 Å². The summed E-state index contributed by atoms with van der Waals surface area (Å²) >= 11 is 0. The molecule has 0 N–H and O–H groups in total. The molecular formula is C17H25NO2. The van der Waals surface area contributed by atoms with Crippen molar-refractivity contribution in [1.29, 1.82) is 0 Å². The summed E-state index contributed by atoms with van der Waals surface area (Å²) in [6.07, 6.45) is 4.21. The molecule has 0 radical (unpaired) electrons. The maximum Gasteiger partial charge on any atom is 0.307 e. The number of ether oxygens (including phenoxy) is 1. The van der Waals surface area contributed by atoms with Crippen LogP contribution in [-0.4, -0.2) is 30.6 Å². The van der Waals surface area contributed by atoms with E-state index in [9.17, 15) is 4.79 Å². The van der Waals surface area contributed by atoms with Gasteiger partial charge in [0, 0.05) is 6.04 Å². The zero-order valence-electron chi connectivity index (χ0n) is 12.6. The summed E-state index contributed by atoms with van der Waals surface area (Å²) in [7, 11) is 0. The quantitative estimate of drug-likeness (QED) is 0.771. The molecule has 0 saturated carbocycles. The topological polar surface area (TPSA) is 29.5 Å². The SMILES string of the molecule is CCOC(=O)CC(c1ccccc1C)N1CCCCC1. The lowest BCUT2D eigenvalue weighted by molar-refractivity contribution is -0.144. The Labute approximate surface area is 121 Å². The van der Waals surface area contributed by atoms with Gasteiger partial charge in [0.1, 0.15) is 0 Å². The normalized spacial score (nSPS) is 17.7. The highest BCUT2D eigenvalue weighted by Gasteiger charge is 2.26. The number of carbonyl (C=O) groups is 1. The largest absolute Gasteiger partial charge is 0.466 e. The molecule has 3 heteroatoms. The second-order valence-electron chi connectivity index (χ2n) is 5.48. The predicted molar refractivity (Wildman–Crippen MR) is 80.6 cm³/mol. The monoisotopic (exact) mass is 275 g/mol. The van der Waals surface area contributed by atoms with Gasteiger partial charge in [0.25, 0.3) is 0 Å². The van der Waals surface area contributed by atoms with Crippen molar-refractivity contribution in [3.05, 3.63) is 35.4 Å². The van der Waals surface area contributed by atoms with Crippen LogP contribution in [0.15, 0.2) is 24.3 Å². The van der Waals surface area contributed by atoms with Gasteiger partial charge < -0.3 is 4.74 Å². The molecular weight excluding hydrogens is 250 g/mol. The smallest absolute Gasteiger partial charge is 0.307 e. The van der Waals surface area contributed by atoms with Crippen LogP contribution in [-0.2, 0) is 9.53 Å². The molecule has 1 heterocycles. The molecule has 110 valence electrons. The Morgan fingerprint density at radius 1 is 1.25 bits per heavy atom. The van der Waals surface area contributed by atoms with E-state index >= 15 is 0 Å². The van der Waals surface area contributed by atoms with Crippen LogP contribution < -0.4 is 0 Å². The number of likely N-dealkylation sites (tertiary alicyclic amines) is 1. The minimum Gasteiger partial charge on any atom is -0.466 e. The predicted octanol–water partition coefficient (Wildman–Crippen LogP) is 3.48. The van der Waals surface area contributed by atoms with Crippen molar-refractivity contribution in [3.63, 3.8) is 0 Å². The van der Waals surface area contributed by atoms with Crippen molar-refractivity contribution in [2.75, 3.05) is 19.7 Å². The lowest BCUT2D eigenvalue weighted by atomic mass is 9.95. The molecule has 2 rings (SSSR count).